The van der Waals surface area contributed by atoms with Gasteiger partial charge in [0, 0.05) is 18.9 Å². The van der Waals surface area contributed by atoms with E-state index in [-0.39, 0.29) is 24.5 Å². The lowest BCUT2D eigenvalue weighted by Gasteiger charge is -2.37. The van der Waals surface area contributed by atoms with Gasteiger partial charge in [-0.3, -0.25) is 0 Å². The molecule has 7 nitrogen and oxygen atoms in total. The lowest BCUT2D eigenvalue weighted by Crippen LogP contribution is -2.34. The van der Waals surface area contributed by atoms with Gasteiger partial charge in [0.25, 0.3) is 0 Å². The predicted molar refractivity (Wildman–Crippen MR) is 109 cm³/mol. The Morgan fingerprint density at radius 3 is 2.20 bits per heavy atom. The zero-order chi connectivity index (χ0) is 21.3. The van der Waals surface area contributed by atoms with Gasteiger partial charge in [0.2, 0.25) is 12.5 Å². The van der Waals surface area contributed by atoms with E-state index in [1.165, 1.54) is 0 Å². The number of hydrogen-bond donors (Lipinski definition) is 0. The Morgan fingerprint density at radius 2 is 1.63 bits per heavy atom. The van der Waals surface area contributed by atoms with Gasteiger partial charge in [-0.25, -0.2) is 0 Å². The molecule has 7 heteroatoms. The van der Waals surface area contributed by atoms with Crippen LogP contribution in [0.4, 0.5) is 0 Å². The first-order valence-electron chi connectivity index (χ1n) is 9.81. The highest BCUT2D eigenvalue weighted by Gasteiger charge is 2.39. The zero-order valence-corrected chi connectivity index (χ0v) is 17.6. The Hall–Kier alpha value is -2.93. The Labute approximate surface area is 175 Å². The van der Waals surface area contributed by atoms with Crippen LogP contribution in [0.2, 0.25) is 0 Å². The average Bonchev–Trinajstić information content (AvgIpc) is 3.23. The quantitative estimate of drug-likeness (QED) is 0.644. The Balaban J connectivity index is 1.91. The number of carbonyl (C=O) groups excluding carboxylic acids is 1. The highest BCUT2D eigenvalue weighted by molar-refractivity contribution is 5.65. The van der Waals surface area contributed by atoms with E-state index in [1.54, 1.807) is 28.4 Å². The van der Waals surface area contributed by atoms with Crippen LogP contribution in [-0.4, -0.2) is 48.1 Å². The minimum Gasteiger partial charge on any atom is -0.493 e. The topological polar surface area (TPSA) is 72.5 Å². The molecule has 0 saturated heterocycles. The molecule has 0 saturated carbocycles. The Bertz CT molecular complexity index is 914. The van der Waals surface area contributed by atoms with Gasteiger partial charge < -0.3 is 33.2 Å². The molecule has 2 aliphatic rings. The molecule has 0 radical (unpaired) electrons. The summed E-state index contributed by atoms with van der Waals surface area (Å²) < 4.78 is 33.2. The first-order valence-corrected chi connectivity index (χ1v) is 9.81. The van der Waals surface area contributed by atoms with Gasteiger partial charge in [-0.2, -0.15) is 0 Å². The molecule has 160 valence electrons. The van der Waals surface area contributed by atoms with Crippen LogP contribution < -0.4 is 23.7 Å². The molecule has 0 fully saturated rings. The first-order chi connectivity index (χ1) is 14.6. The van der Waals surface area contributed by atoms with Gasteiger partial charge in [0.15, 0.2) is 23.0 Å². The van der Waals surface area contributed by atoms with Crippen LogP contribution in [0.5, 0.6) is 28.7 Å². The monoisotopic (exact) mass is 414 g/mol. The number of hydrogen-bond acceptors (Lipinski definition) is 7. The van der Waals surface area contributed by atoms with Crippen LogP contribution in [0.25, 0.3) is 0 Å². The van der Waals surface area contributed by atoms with E-state index in [9.17, 15) is 4.79 Å². The van der Waals surface area contributed by atoms with Gasteiger partial charge in [-0.15, -0.1) is 0 Å². The fraction of sp³-hybridized carbons (Fsp3) is 0.435. The van der Waals surface area contributed by atoms with E-state index >= 15 is 0 Å². The molecule has 30 heavy (non-hydrogen) atoms. The summed E-state index contributed by atoms with van der Waals surface area (Å²) in [7, 11) is 6.39. The zero-order valence-electron chi connectivity index (χ0n) is 17.6. The van der Waals surface area contributed by atoms with Crippen LogP contribution in [0.3, 0.4) is 0 Å². The molecular formula is C23H26O7. The molecule has 4 rings (SSSR count). The van der Waals surface area contributed by atoms with Crippen molar-refractivity contribution in [1.29, 1.82) is 0 Å². The van der Waals surface area contributed by atoms with E-state index in [4.69, 9.17) is 28.4 Å². The van der Waals surface area contributed by atoms with Crippen LogP contribution in [0.1, 0.15) is 22.6 Å². The summed E-state index contributed by atoms with van der Waals surface area (Å²) in [6.07, 6.45) is 1.76. The van der Waals surface area contributed by atoms with Gasteiger partial charge in [-0.05, 0) is 53.3 Å². The molecule has 1 heterocycles. The molecule has 2 aromatic rings. The molecule has 0 spiro atoms. The maximum atomic E-state index is 12.3. The maximum absolute atomic E-state index is 12.3. The van der Waals surface area contributed by atoms with Crippen molar-refractivity contribution in [2.75, 3.05) is 41.8 Å². The van der Waals surface area contributed by atoms with Crippen molar-refractivity contribution < 1.29 is 33.2 Å². The van der Waals surface area contributed by atoms with Crippen molar-refractivity contribution in [2.24, 2.45) is 11.8 Å². The average molecular weight is 414 g/mol. The van der Waals surface area contributed by atoms with Crippen LogP contribution in [-0.2, 0) is 16.0 Å². The number of carbonyl (C=O) groups is 1. The predicted octanol–water partition coefficient (Wildman–Crippen LogP) is 3.21. The van der Waals surface area contributed by atoms with Crippen molar-refractivity contribution in [3.63, 3.8) is 0 Å². The normalized spacial score (nSPS) is 21.7. The number of benzene rings is 2. The third kappa shape index (κ3) is 3.33. The summed E-state index contributed by atoms with van der Waals surface area (Å²) in [6.45, 7) is 0.684. The number of fused-ring (bicyclic) bond motifs is 2. The Kier molecular flexibility index (Phi) is 5.72. The van der Waals surface area contributed by atoms with Crippen LogP contribution in [0, 0.1) is 11.8 Å². The van der Waals surface area contributed by atoms with E-state index < -0.39 is 0 Å². The van der Waals surface area contributed by atoms with Crippen molar-refractivity contribution in [3.8, 4) is 28.7 Å². The highest BCUT2D eigenvalue weighted by atomic mass is 16.7. The molecular weight excluding hydrogens is 388 g/mol. The summed E-state index contributed by atoms with van der Waals surface area (Å²) >= 11 is 0. The standard InChI is InChI=1S/C23H26O7/c1-25-11-15-5-13-6-18-19(30-12-29-18)9-16(13)22(17(15)10-24)14-7-20(26-2)23(28-4)21(8-14)27-3/h6-10,15,17,22H,5,11-12H2,1-4H3/t15-,17?,22?/m0/s1. The SMILES string of the molecule is COC[C@@H]1Cc2cc3c(cc2C(c2cc(OC)c(OC)c(OC)c2)C1C=O)OCO3. The lowest BCUT2D eigenvalue weighted by molar-refractivity contribution is -0.114. The molecule has 1 aliphatic heterocycles. The first kappa shape index (κ1) is 20.3. The van der Waals surface area contributed by atoms with Gasteiger partial charge in [0.05, 0.1) is 27.9 Å². The largest absolute Gasteiger partial charge is 0.493 e. The van der Waals surface area contributed by atoms with Gasteiger partial charge >= 0.3 is 0 Å². The maximum Gasteiger partial charge on any atom is 0.231 e. The minimum absolute atomic E-state index is 0.0319. The number of aldehydes is 1. The van der Waals surface area contributed by atoms with Crippen molar-refractivity contribution in [2.45, 2.75) is 12.3 Å². The van der Waals surface area contributed by atoms with E-state index in [0.29, 0.717) is 29.6 Å². The molecule has 0 N–H and O–H groups in total. The van der Waals surface area contributed by atoms with Crippen molar-refractivity contribution in [1.82, 2.24) is 0 Å². The molecule has 3 atom stereocenters. The summed E-state index contributed by atoms with van der Waals surface area (Å²) in [5.74, 6) is 2.58. The molecule has 2 unspecified atom stereocenters. The minimum atomic E-state index is -0.277. The number of ether oxygens (including phenoxy) is 6. The van der Waals surface area contributed by atoms with E-state index in [1.807, 2.05) is 24.3 Å². The van der Waals surface area contributed by atoms with Gasteiger partial charge in [-0.1, -0.05) is 0 Å². The molecule has 1 aliphatic carbocycles. The molecule has 0 aromatic heterocycles. The second kappa shape index (κ2) is 8.44. The smallest absolute Gasteiger partial charge is 0.231 e. The summed E-state index contributed by atoms with van der Waals surface area (Å²) in [5, 5.41) is 0. The second-order valence-electron chi connectivity index (χ2n) is 7.47. The molecule has 0 bridgehead atoms. The van der Waals surface area contributed by atoms with Crippen molar-refractivity contribution in [3.05, 3.63) is 41.0 Å². The van der Waals surface area contributed by atoms with Crippen molar-refractivity contribution >= 4 is 6.29 Å². The highest BCUT2D eigenvalue weighted by Crippen LogP contribution is 2.50. The molecule has 2 aromatic carbocycles. The fourth-order valence-corrected chi connectivity index (χ4v) is 4.62. The number of methoxy groups -OCH3 is 4. The fourth-order valence-electron chi connectivity index (χ4n) is 4.62. The van der Waals surface area contributed by atoms with Gasteiger partial charge in [0.1, 0.15) is 6.29 Å². The van der Waals surface area contributed by atoms with E-state index in [0.717, 1.165) is 35.1 Å². The summed E-state index contributed by atoms with van der Waals surface area (Å²) in [5.41, 5.74) is 3.07. The Morgan fingerprint density at radius 1 is 0.967 bits per heavy atom. The summed E-state index contributed by atoms with van der Waals surface area (Å²) in [4.78, 5) is 12.3. The lowest BCUT2D eigenvalue weighted by atomic mass is 9.67. The van der Waals surface area contributed by atoms with E-state index in [2.05, 4.69) is 0 Å². The molecule has 0 amide bonds. The van der Waals surface area contributed by atoms with Crippen LogP contribution >= 0.6 is 0 Å². The third-order valence-corrected chi connectivity index (χ3v) is 5.96. The summed E-state index contributed by atoms with van der Waals surface area (Å²) in [6, 6.07) is 7.83. The third-order valence-electron chi connectivity index (χ3n) is 5.96. The van der Waals surface area contributed by atoms with Crippen LogP contribution in [0.15, 0.2) is 24.3 Å². The number of rotatable bonds is 7. The second-order valence-corrected chi connectivity index (χ2v) is 7.47.